The van der Waals surface area contributed by atoms with Crippen LogP contribution in [0.2, 0.25) is 5.02 Å². The van der Waals surface area contributed by atoms with E-state index in [1.165, 1.54) is 0 Å². The fourth-order valence-electron chi connectivity index (χ4n) is 1.70. The van der Waals surface area contributed by atoms with Gasteiger partial charge < -0.3 is 10.4 Å². The molecule has 1 aromatic carbocycles. The quantitative estimate of drug-likeness (QED) is 0.786. The number of phenols is 1. The van der Waals surface area contributed by atoms with Crippen LogP contribution in [0.1, 0.15) is 17.0 Å². The van der Waals surface area contributed by atoms with Crippen LogP contribution in [0.4, 0.5) is 5.69 Å². The Morgan fingerprint density at radius 2 is 2.18 bits per heavy atom. The molecule has 0 fully saturated rings. The Labute approximate surface area is 105 Å². The second kappa shape index (κ2) is 4.67. The summed E-state index contributed by atoms with van der Waals surface area (Å²) in [6, 6.07) is 5.31. The molecule has 0 spiro atoms. The van der Waals surface area contributed by atoms with Crippen LogP contribution in [-0.2, 0) is 6.54 Å². The lowest BCUT2D eigenvalue weighted by Crippen LogP contribution is -2.01. The van der Waals surface area contributed by atoms with Gasteiger partial charge in [0.1, 0.15) is 5.75 Å². The molecule has 0 atom stereocenters. The highest BCUT2D eigenvalue weighted by Crippen LogP contribution is 2.28. The molecule has 1 aromatic heterocycles. The molecule has 0 bridgehead atoms. The van der Waals surface area contributed by atoms with Crippen LogP contribution >= 0.6 is 11.6 Å². The molecule has 0 amide bonds. The fraction of sp³-hybridized carbons (Fsp3) is 0.250. The largest absolute Gasteiger partial charge is 0.506 e. The Kier molecular flexibility index (Phi) is 3.24. The van der Waals surface area contributed by atoms with Crippen molar-refractivity contribution in [1.82, 2.24) is 10.2 Å². The molecule has 0 aliphatic rings. The summed E-state index contributed by atoms with van der Waals surface area (Å²) in [7, 11) is 0. The SMILES string of the molecule is Cc1n[nH]c(C)c1NCc1cccc(Cl)c1O. The number of para-hydroxylation sites is 1. The third kappa shape index (κ3) is 2.36. The minimum atomic E-state index is 0.125. The number of aryl methyl sites for hydroxylation is 2. The lowest BCUT2D eigenvalue weighted by Gasteiger charge is -2.09. The van der Waals surface area contributed by atoms with Gasteiger partial charge in [0.15, 0.2) is 0 Å². The molecule has 3 N–H and O–H groups in total. The van der Waals surface area contributed by atoms with E-state index in [0.29, 0.717) is 11.6 Å². The maximum absolute atomic E-state index is 9.77. The lowest BCUT2D eigenvalue weighted by molar-refractivity contribution is 0.469. The Morgan fingerprint density at radius 1 is 1.41 bits per heavy atom. The second-order valence-corrected chi connectivity index (χ2v) is 4.32. The standard InChI is InChI=1S/C12H14ClN3O/c1-7-11(8(2)16-15-7)14-6-9-4-3-5-10(13)12(9)17/h3-5,14,17H,6H2,1-2H3,(H,15,16). The smallest absolute Gasteiger partial charge is 0.139 e. The van der Waals surface area contributed by atoms with E-state index in [-0.39, 0.29) is 5.75 Å². The average Bonchev–Trinajstić information content (AvgIpc) is 2.62. The lowest BCUT2D eigenvalue weighted by atomic mass is 10.2. The molecular weight excluding hydrogens is 238 g/mol. The maximum atomic E-state index is 9.77. The van der Waals surface area contributed by atoms with Gasteiger partial charge >= 0.3 is 0 Å². The number of aromatic hydroxyl groups is 1. The molecule has 17 heavy (non-hydrogen) atoms. The van der Waals surface area contributed by atoms with E-state index >= 15 is 0 Å². The summed E-state index contributed by atoms with van der Waals surface area (Å²) in [4.78, 5) is 0. The fourth-order valence-corrected chi connectivity index (χ4v) is 1.89. The molecular formula is C12H14ClN3O. The van der Waals surface area contributed by atoms with Crippen LogP contribution in [0.3, 0.4) is 0 Å². The first-order chi connectivity index (χ1) is 8.09. The van der Waals surface area contributed by atoms with Gasteiger partial charge in [-0.1, -0.05) is 23.7 Å². The molecule has 0 radical (unpaired) electrons. The van der Waals surface area contributed by atoms with Gasteiger partial charge in [-0.25, -0.2) is 0 Å². The van der Waals surface area contributed by atoms with Crippen molar-refractivity contribution in [3.05, 3.63) is 40.2 Å². The first-order valence-corrected chi connectivity index (χ1v) is 5.69. The molecule has 0 saturated carbocycles. The number of hydrogen-bond donors (Lipinski definition) is 3. The monoisotopic (exact) mass is 251 g/mol. The van der Waals surface area contributed by atoms with Crippen molar-refractivity contribution >= 4 is 17.3 Å². The van der Waals surface area contributed by atoms with Crippen molar-refractivity contribution in [2.75, 3.05) is 5.32 Å². The number of anilines is 1. The predicted molar refractivity (Wildman–Crippen MR) is 68.5 cm³/mol. The summed E-state index contributed by atoms with van der Waals surface area (Å²) >= 11 is 5.84. The van der Waals surface area contributed by atoms with Gasteiger partial charge in [0.2, 0.25) is 0 Å². The van der Waals surface area contributed by atoms with Crippen LogP contribution in [0.25, 0.3) is 0 Å². The predicted octanol–water partition coefficient (Wildman–Crippen LogP) is 3.00. The van der Waals surface area contributed by atoms with Crippen molar-refractivity contribution in [2.45, 2.75) is 20.4 Å². The van der Waals surface area contributed by atoms with E-state index in [4.69, 9.17) is 11.6 Å². The Hall–Kier alpha value is -1.68. The van der Waals surface area contributed by atoms with Crippen molar-refractivity contribution in [3.63, 3.8) is 0 Å². The van der Waals surface area contributed by atoms with Gasteiger partial charge in [0.25, 0.3) is 0 Å². The van der Waals surface area contributed by atoms with E-state index in [0.717, 1.165) is 22.6 Å². The first kappa shape index (κ1) is 11.8. The molecule has 0 saturated heterocycles. The van der Waals surface area contributed by atoms with Crippen LogP contribution in [0.15, 0.2) is 18.2 Å². The highest BCUT2D eigenvalue weighted by atomic mass is 35.5. The number of phenolic OH excluding ortho intramolecular Hbond substituents is 1. The number of nitrogens with one attached hydrogen (secondary N) is 2. The summed E-state index contributed by atoms with van der Waals surface area (Å²) in [5.74, 6) is 0.125. The van der Waals surface area contributed by atoms with Crippen LogP contribution in [0, 0.1) is 13.8 Å². The van der Waals surface area contributed by atoms with E-state index in [9.17, 15) is 5.11 Å². The third-order valence-corrected chi connectivity index (χ3v) is 2.96. The molecule has 5 heteroatoms. The number of halogens is 1. The number of benzene rings is 1. The van der Waals surface area contributed by atoms with Crippen LogP contribution < -0.4 is 5.32 Å². The summed E-state index contributed by atoms with van der Waals surface area (Å²) in [5.41, 5.74) is 3.61. The summed E-state index contributed by atoms with van der Waals surface area (Å²) in [6.07, 6.45) is 0. The number of aromatic nitrogens is 2. The molecule has 90 valence electrons. The molecule has 0 aliphatic carbocycles. The maximum Gasteiger partial charge on any atom is 0.139 e. The van der Waals surface area contributed by atoms with Gasteiger partial charge in [0.05, 0.1) is 22.1 Å². The number of rotatable bonds is 3. The number of hydrogen-bond acceptors (Lipinski definition) is 3. The average molecular weight is 252 g/mol. The zero-order valence-corrected chi connectivity index (χ0v) is 10.5. The highest BCUT2D eigenvalue weighted by Gasteiger charge is 2.08. The summed E-state index contributed by atoms with van der Waals surface area (Å²) in [6.45, 7) is 4.37. The van der Waals surface area contributed by atoms with E-state index in [1.807, 2.05) is 26.0 Å². The van der Waals surface area contributed by atoms with Gasteiger partial charge in [0, 0.05) is 12.1 Å². The van der Waals surface area contributed by atoms with E-state index in [1.54, 1.807) is 6.07 Å². The molecule has 1 heterocycles. The van der Waals surface area contributed by atoms with E-state index < -0.39 is 0 Å². The van der Waals surface area contributed by atoms with Gasteiger partial charge in [-0.15, -0.1) is 0 Å². The molecule has 2 aromatic rings. The van der Waals surface area contributed by atoms with Crippen molar-refractivity contribution in [2.24, 2.45) is 0 Å². The van der Waals surface area contributed by atoms with Gasteiger partial charge in [-0.2, -0.15) is 5.10 Å². The zero-order chi connectivity index (χ0) is 12.4. The Bertz CT molecular complexity index is 517. The third-order valence-electron chi connectivity index (χ3n) is 2.65. The van der Waals surface area contributed by atoms with Crippen molar-refractivity contribution < 1.29 is 5.11 Å². The first-order valence-electron chi connectivity index (χ1n) is 5.31. The highest BCUT2D eigenvalue weighted by molar-refractivity contribution is 6.32. The number of nitrogens with zero attached hydrogens (tertiary/aromatic N) is 1. The number of H-pyrrole nitrogens is 1. The van der Waals surface area contributed by atoms with Crippen molar-refractivity contribution in [3.8, 4) is 5.75 Å². The Morgan fingerprint density at radius 3 is 2.82 bits per heavy atom. The Balaban J connectivity index is 2.15. The van der Waals surface area contributed by atoms with Crippen molar-refractivity contribution in [1.29, 1.82) is 0 Å². The normalized spacial score (nSPS) is 10.5. The van der Waals surface area contributed by atoms with Gasteiger partial charge in [-0.05, 0) is 19.9 Å². The van der Waals surface area contributed by atoms with E-state index in [2.05, 4.69) is 15.5 Å². The minimum Gasteiger partial charge on any atom is -0.506 e. The second-order valence-electron chi connectivity index (χ2n) is 3.91. The minimum absolute atomic E-state index is 0.125. The molecule has 0 unspecified atom stereocenters. The molecule has 0 aliphatic heterocycles. The summed E-state index contributed by atoms with van der Waals surface area (Å²) < 4.78 is 0. The van der Waals surface area contributed by atoms with Gasteiger partial charge in [-0.3, -0.25) is 5.10 Å². The zero-order valence-electron chi connectivity index (χ0n) is 9.71. The molecule has 4 nitrogen and oxygen atoms in total. The van der Waals surface area contributed by atoms with Crippen LogP contribution in [-0.4, -0.2) is 15.3 Å². The topological polar surface area (TPSA) is 60.9 Å². The summed E-state index contributed by atoms with van der Waals surface area (Å²) in [5, 5.41) is 20.4. The molecule has 2 rings (SSSR count). The van der Waals surface area contributed by atoms with Crippen LogP contribution in [0.5, 0.6) is 5.75 Å². The number of aromatic amines is 1.